The minimum Gasteiger partial charge on any atom is -0.493 e. The monoisotopic (exact) mass is 665 g/mol. The molecule has 8 nitrogen and oxygen atoms in total. The number of carbonyl (C=O) groups excluding carboxylic acids is 1. The van der Waals surface area contributed by atoms with E-state index < -0.39 is 6.04 Å². The van der Waals surface area contributed by atoms with Crippen molar-refractivity contribution in [3.63, 3.8) is 0 Å². The number of benzene rings is 4. The molecule has 0 radical (unpaired) electrons. The van der Waals surface area contributed by atoms with Gasteiger partial charge in [0.05, 0.1) is 19.3 Å². The Bertz CT molecular complexity index is 1940. The van der Waals surface area contributed by atoms with Gasteiger partial charge in [0, 0.05) is 28.6 Å². The molecular weight excluding hydrogens is 630 g/mol. The highest BCUT2D eigenvalue weighted by Crippen LogP contribution is 2.40. The Morgan fingerprint density at radius 3 is 2.55 bits per heavy atom. The summed E-state index contributed by atoms with van der Waals surface area (Å²) in [6, 6.07) is 29.0. The highest BCUT2D eigenvalue weighted by molar-refractivity contribution is 7.98. The Kier molecular flexibility index (Phi) is 9.84. The number of nitrogens with one attached hydrogen (secondary N) is 2. The number of hydrogen-bond donors (Lipinski definition) is 2. The second-order valence-electron chi connectivity index (χ2n) is 11.3. The molecule has 1 unspecified atom stereocenters. The molecule has 10 heteroatoms. The molecular formula is C37H36ClN5O3S. The van der Waals surface area contributed by atoms with Crippen LogP contribution in [0.25, 0.3) is 0 Å². The van der Waals surface area contributed by atoms with Crippen molar-refractivity contribution in [3.8, 4) is 11.5 Å². The number of amides is 1. The maximum Gasteiger partial charge on any atom is 0.255 e. The van der Waals surface area contributed by atoms with Gasteiger partial charge in [-0.1, -0.05) is 90.1 Å². The number of fused-ring (bicyclic) bond motifs is 1. The first-order chi connectivity index (χ1) is 22.8. The van der Waals surface area contributed by atoms with Crippen LogP contribution in [-0.4, -0.2) is 34.4 Å². The first-order valence-electron chi connectivity index (χ1n) is 15.3. The van der Waals surface area contributed by atoms with Crippen molar-refractivity contribution in [1.29, 1.82) is 0 Å². The van der Waals surface area contributed by atoms with E-state index in [1.807, 2.05) is 99.6 Å². The SMILES string of the molecule is COc1cc(C2C(C(=O)Nc3cccc(C)c3C)=C(C)Nc3nc(SCc4ccccc4Cl)nn32)ccc1OCCc1ccccc1. The number of aryl methyl sites for hydroxylation is 1. The van der Waals surface area contributed by atoms with E-state index in [2.05, 4.69) is 22.8 Å². The molecule has 4 aromatic carbocycles. The van der Waals surface area contributed by atoms with Crippen LogP contribution in [0, 0.1) is 13.8 Å². The molecule has 1 aliphatic heterocycles. The van der Waals surface area contributed by atoms with E-state index in [9.17, 15) is 4.79 Å². The topological polar surface area (TPSA) is 90.3 Å². The summed E-state index contributed by atoms with van der Waals surface area (Å²) >= 11 is 7.90. The van der Waals surface area contributed by atoms with Crippen LogP contribution in [0.3, 0.4) is 0 Å². The summed E-state index contributed by atoms with van der Waals surface area (Å²) in [7, 11) is 1.62. The third kappa shape index (κ3) is 7.16. The molecule has 0 spiro atoms. The van der Waals surface area contributed by atoms with Crippen molar-refractivity contribution >= 4 is 40.9 Å². The van der Waals surface area contributed by atoms with Crippen LogP contribution in [0.15, 0.2) is 107 Å². The summed E-state index contributed by atoms with van der Waals surface area (Å²) in [4.78, 5) is 18.9. The fourth-order valence-electron chi connectivity index (χ4n) is 5.53. The number of ether oxygens (including phenoxy) is 2. The summed E-state index contributed by atoms with van der Waals surface area (Å²) < 4.78 is 13.7. The summed E-state index contributed by atoms with van der Waals surface area (Å²) in [6.07, 6.45) is 0.765. The zero-order valence-corrected chi connectivity index (χ0v) is 28.3. The summed E-state index contributed by atoms with van der Waals surface area (Å²) in [5.74, 6) is 2.10. The normalized spacial score (nSPS) is 13.9. The standard InChI is InChI=1S/C37H36ClN5O3S/c1-23-11-10-16-30(24(23)2)40-35(44)33-25(3)39-36-41-37(47-22-28-14-8-9-15-29(28)38)42-43(36)34(33)27-17-18-31(32(21-27)45-4)46-20-19-26-12-6-5-7-13-26/h5-18,21,34H,19-20,22H2,1-4H3,(H,40,44)(H,39,41,42). The minimum atomic E-state index is -0.592. The number of methoxy groups -OCH3 is 1. The zero-order valence-electron chi connectivity index (χ0n) is 26.7. The van der Waals surface area contributed by atoms with Gasteiger partial charge < -0.3 is 20.1 Å². The van der Waals surface area contributed by atoms with Gasteiger partial charge in [0.1, 0.15) is 6.04 Å². The Morgan fingerprint density at radius 2 is 1.77 bits per heavy atom. The zero-order chi connectivity index (χ0) is 32.9. The van der Waals surface area contributed by atoms with Crippen LogP contribution in [0.5, 0.6) is 11.5 Å². The molecule has 0 saturated heterocycles. The maximum absolute atomic E-state index is 14.1. The number of carbonyl (C=O) groups is 1. The number of allylic oxidation sites excluding steroid dienone is 1. The van der Waals surface area contributed by atoms with Gasteiger partial charge in [-0.05, 0) is 72.9 Å². The van der Waals surface area contributed by atoms with Crippen molar-refractivity contribution < 1.29 is 14.3 Å². The lowest BCUT2D eigenvalue weighted by Gasteiger charge is -2.29. The minimum absolute atomic E-state index is 0.234. The lowest BCUT2D eigenvalue weighted by molar-refractivity contribution is -0.113. The highest BCUT2D eigenvalue weighted by Gasteiger charge is 2.35. The van der Waals surface area contributed by atoms with E-state index in [-0.39, 0.29) is 5.91 Å². The number of nitrogens with zero attached hydrogens (tertiary/aromatic N) is 3. The van der Waals surface area contributed by atoms with Crippen molar-refractivity contribution in [1.82, 2.24) is 14.8 Å². The average Bonchev–Trinajstić information content (AvgIpc) is 3.48. The lowest BCUT2D eigenvalue weighted by Crippen LogP contribution is -2.31. The van der Waals surface area contributed by atoms with Gasteiger partial charge in [-0.2, -0.15) is 4.98 Å². The lowest BCUT2D eigenvalue weighted by atomic mass is 9.94. The molecule has 1 atom stereocenters. The van der Waals surface area contributed by atoms with Gasteiger partial charge in [-0.25, -0.2) is 4.68 Å². The molecule has 47 heavy (non-hydrogen) atoms. The molecule has 0 saturated carbocycles. The molecule has 5 aromatic rings. The number of rotatable bonds is 11. The first-order valence-corrected chi connectivity index (χ1v) is 16.7. The van der Waals surface area contributed by atoms with Gasteiger partial charge in [-0.3, -0.25) is 4.79 Å². The van der Waals surface area contributed by atoms with Crippen LogP contribution in [-0.2, 0) is 17.0 Å². The summed E-state index contributed by atoms with van der Waals surface area (Å²) in [5, 5.41) is 12.6. The Balaban J connectivity index is 1.33. The van der Waals surface area contributed by atoms with Crippen molar-refractivity contribution in [2.24, 2.45) is 0 Å². The van der Waals surface area contributed by atoms with Gasteiger partial charge in [-0.15, -0.1) is 5.10 Å². The molecule has 1 aromatic heterocycles. The molecule has 0 fully saturated rings. The predicted molar refractivity (Wildman–Crippen MR) is 189 cm³/mol. The molecule has 2 N–H and O–H groups in total. The van der Waals surface area contributed by atoms with Crippen LogP contribution in [0.2, 0.25) is 5.02 Å². The number of halogens is 1. The molecule has 1 amide bonds. The van der Waals surface area contributed by atoms with E-state index in [1.54, 1.807) is 11.8 Å². The van der Waals surface area contributed by atoms with Crippen molar-refractivity contribution in [3.05, 3.63) is 135 Å². The third-order valence-electron chi connectivity index (χ3n) is 8.24. The summed E-state index contributed by atoms with van der Waals surface area (Å²) in [5.41, 5.74) is 7.06. The summed E-state index contributed by atoms with van der Waals surface area (Å²) in [6.45, 7) is 6.41. The molecule has 0 bridgehead atoms. The fraction of sp³-hybridized carbons (Fsp3) is 0.216. The van der Waals surface area contributed by atoms with E-state index in [0.29, 0.717) is 51.3 Å². The van der Waals surface area contributed by atoms with Crippen molar-refractivity contribution in [2.45, 2.75) is 44.1 Å². The molecule has 1 aliphatic rings. The maximum atomic E-state index is 14.1. The second kappa shape index (κ2) is 14.4. The third-order valence-corrected chi connectivity index (χ3v) is 9.49. The number of aromatic nitrogens is 3. The fourth-order valence-corrected chi connectivity index (χ4v) is 6.64. The van der Waals surface area contributed by atoms with Crippen molar-refractivity contribution in [2.75, 3.05) is 24.4 Å². The molecule has 0 aliphatic carbocycles. The van der Waals surface area contributed by atoms with E-state index in [0.717, 1.165) is 34.4 Å². The number of thioether (sulfide) groups is 1. The number of anilines is 2. The predicted octanol–water partition coefficient (Wildman–Crippen LogP) is 8.40. The van der Waals surface area contributed by atoms with E-state index in [1.165, 1.54) is 17.3 Å². The second-order valence-corrected chi connectivity index (χ2v) is 12.7. The van der Waals surface area contributed by atoms with Crippen LogP contribution >= 0.6 is 23.4 Å². The molecule has 6 rings (SSSR count). The van der Waals surface area contributed by atoms with Gasteiger partial charge in [0.15, 0.2) is 11.5 Å². The van der Waals surface area contributed by atoms with Gasteiger partial charge in [0.25, 0.3) is 5.91 Å². The van der Waals surface area contributed by atoms with Crippen LogP contribution in [0.1, 0.15) is 40.8 Å². The molecule has 2 heterocycles. The van der Waals surface area contributed by atoms with E-state index >= 15 is 0 Å². The first kappa shape index (κ1) is 32.2. The quantitative estimate of drug-likeness (QED) is 0.137. The Hall–Kier alpha value is -4.73. The van der Waals surface area contributed by atoms with Crippen LogP contribution < -0.4 is 20.1 Å². The van der Waals surface area contributed by atoms with Crippen LogP contribution in [0.4, 0.5) is 11.6 Å². The average molecular weight is 666 g/mol. The smallest absolute Gasteiger partial charge is 0.255 e. The van der Waals surface area contributed by atoms with E-state index in [4.69, 9.17) is 31.2 Å². The Labute approximate surface area is 284 Å². The highest BCUT2D eigenvalue weighted by atomic mass is 35.5. The van der Waals surface area contributed by atoms with Gasteiger partial charge in [0.2, 0.25) is 11.1 Å². The molecule has 240 valence electrons. The van der Waals surface area contributed by atoms with Gasteiger partial charge >= 0.3 is 0 Å². The Morgan fingerprint density at radius 1 is 0.979 bits per heavy atom. The number of hydrogen-bond acceptors (Lipinski definition) is 7. The largest absolute Gasteiger partial charge is 0.493 e.